The van der Waals surface area contributed by atoms with Crippen LogP contribution < -0.4 is 11.1 Å². The van der Waals surface area contributed by atoms with Crippen LogP contribution in [0.1, 0.15) is 12.8 Å². The van der Waals surface area contributed by atoms with Gasteiger partial charge in [-0.05, 0) is 25.9 Å². The Labute approximate surface area is 101 Å². The maximum absolute atomic E-state index is 11.8. The maximum Gasteiger partial charge on any atom is 0.232 e. The summed E-state index contributed by atoms with van der Waals surface area (Å²) in [7, 11) is -3.72. The normalized spacial score (nSPS) is 17.9. The molecule has 0 aliphatic carbocycles. The van der Waals surface area contributed by atoms with Crippen molar-refractivity contribution in [2.75, 3.05) is 25.4 Å². The summed E-state index contributed by atoms with van der Waals surface area (Å²) in [6.07, 6.45) is 1.25. The summed E-state index contributed by atoms with van der Waals surface area (Å²) in [4.78, 5) is 10.9. The summed E-state index contributed by atoms with van der Waals surface area (Å²) in [6.45, 7) is 1.04. The topological polar surface area (TPSA) is 116 Å². The van der Waals surface area contributed by atoms with Crippen LogP contribution in [0.2, 0.25) is 0 Å². The first-order chi connectivity index (χ1) is 7.97. The summed E-state index contributed by atoms with van der Waals surface area (Å²) in [6, 6.07) is 1.36. The van der Waals surface area contributed by atoms with Gasteiger partial charge in [-0.25, -0.2) is 8.42 Å². The van der Waals surface area contributed by atoms with Gasteiger partial charge >= 0.3 is 0 Å². The average Bonchev–Trinajstić information content (AvgIpc) is 2.26. The van der Waals surface area contributed by atoms with Crippen molar-refractivity contribution in [2.24, 2.45) is 5.73 Å². The lowest BCUT2D eigenvalue weighted by atomic mass is 10.1. The third-order valence-corrected chi connectivity index (χ3v) is 4.27. The number of nitrogens with zero attached hydrogens (tertiary/aromatic N) is 2. The minimum absolute atomic E-state index is 0.248. The van der Waals surface area contributed by atoms with Crippen LogP contribution in [0.15, 0.2) is 0 Å². The number of nitrogens with two attached hydrogens (primary N) is 1. The lowest BCUT2D eigenvalue weighted by Gasteiger charge is -2.32. The number of nitriles is 1. The van der Waals surface area contributed by atoms with Crippen LogP contribution in [0.5, 0.6) is 0 Å². The molecule has 3 N–H and O–H groups in total. The molecule has 1 rings (SSSR count). The van der Waals surface area contributed by atoms with E-state index in [0.29, 0.717) is 25.9 Å². The molecule has 1 aliphatic heterocycles. The number of carbonyl (C=O) groups excluding carboxylic acids is 1. The molecular weight excluding hydrogens is 244 g/mol. The minimum Gasteiger partial charge on any atom is -0.369 e. The fourth-order valence-electron chi connectivity index (χ4n) is 1.87. The number of rotatable bonds is 5. The second-order valence-corrected chi connectivity index (χ2v) is 5.83. The van der Waals surface area contributed by atoms with E-state index in [9.17, 15) is 13.2 Å². The van der Waals surface area contributed by atoms with Crippen LogP contribution >= 0.6 is 0 Å². The molecule has 0 spiro atoms. The molecule has 96 valence electrons. The van der Waals surface area contributed by atoms with Crippen LogP contribution in [0.4, 0.5) is 0 Å². The van der Waals surface area contributed by atoms with Crippen molar-refractivity contribution in [2.45, 2.75) is 18.9 Å². The van der Waals surface area contributed by atoms with E-state index in [1.54, 1.807) is 6.07 Å². The predicted octanol–water partition coefficient (Wildman–Crippen LogP) is -1.62. The minimum atomic E-state index is -3.72. The van der Waals surface area contributed by atoms with Gasteiger partial charge in [-0.3, -0.25) is 4.79 Å². The van der Waals surface area contributed by atoms with Crippen molar-refractivity contribution in [1.29, 1.82) is 5.26 Å². The zero-order valence-electron chi connectivity index (χ0n) is 9.42. The van der Waals surface area contributed by atoms with E-state index in [2.05, 4.69) is 5.32 Å². The molecule has 7 nitrogen and oxygen atoms in total. The lowest BCUT2D eigenvalue weighted by Crippen LogP contribution is -2.49. The largest absolute Gasteiger partial charge is 0.369 e. The smallest absolute Gasteiger partial charge is 0.232 e. The maximum atomic E-state index is 11.8. The third kappa shape index (κ3) is 3.96. The molecule has 1 fully saturated rings. The van der Waals surface area contributed by atoms with Gasteiger partial charge in [0.15, 0.2) is 5.75 Å². The summed E-state index contributed by atoms with van der Waals surface area (Å²) in [5.41, 5.74) is 5.05. The van der Waals surface area contributed by atoms with E-state index in [-0.39, 0.29) is 12.6 Å². The van der Waals surface area contributed by atoms with Crippen LogP contribution in [-0.2, 0) is 14.8 Å². The number of sulfonamides is 1. The van der Waals surface area contributed by atoms with Gasteiger partial charge in [0.1, 0.15) is 0 Å². The van der Waals surface area contributed by atoms with E-state index < -0.39 is 21.7 Å². The Kier molecular flexibility index (Phi) is 4.86. The fraction of sp³-hybridized carbons (Fsp3) is 0.778. The second kappa shape index (κ2) is 5.95. The standard InChI is InChI=1S/C9H16N4O3S/c10-3-6-17(15,16)13(7-9(11)14)8-1-4-12-5-2-8/h8,12H,1-2,4-7H2,(H2,11,14). The van der Waals surface area contributed by atoms with Gasteiger partial charge in [0, 0.05) is 6.04 Å². The Balaban J connectivity index is 2.86. The summed E-state index contributed by atoms with van der Waals surface area (Å²) < 4.78 is 24.8. The van der Waals surface area contributed by atoms with E-state index in [4.69, 9.17) is 11.0 Å². The molecule has 1 heterocycles. The number of piperidine rings is 1. The Morgan fingerprint density at radius 1 is 1.47 bits per heavy atom. The molecule has 8 heteroatoms. The summed E-state index contributed by atoms with van der Waals surface area (Å²) in [5.74, 6) is -1.32. The number of hydrogen-bond acceptors (Lipinski definition) is 5. The van der Waals surface area contributed by atoms with Gasteiger partial charge in [-0.15, -0.1) is 0 Å². The molecule has 0 saturated carbocycles. The molecule has 0 aromatic carbocycles. The van der Waals surface area contributed by atoms with Gasteiger partial charge in [0.25, 0.3) is 0 Å². The van der Waals surface area contributed by atoms with Gasteiger partial charge in [0.05, 0.1) is 12.6 Å². The molecule has 0 aromatic rings. The Morgan fingerprint density at radius 2 is 2.06 bits per heavy atom. The third-order valence-electron chi connectivity index (χ3n) is 2.63. The van der Waals surface area contributed by atoms with Gasteiger partial charge in [-0.1, -0.05) is 0 Å². The van der Waals surface area contributed by atoms with Crippen LogP contribution in [0, 0.1) is 11.3 Å². The van der Waals surface area contributed by atoms with Crippen molar-refractivity contribution < 1.29 is 13.2 Å². The Hall–Kier alpha value is -1.17. The number of nitrogens with one attached hydrogen (secondary N) is 1. The molecule has 0 aromatic heterocycles. The molecule has 0 unspecified atom stereocenters. The van der Waals surface area contributed by atoms with E-state index in [1.165, 1.54) is 0 Å². The quantitative estimate of drug-likeness (QED) is 0.616. The monoisotopic (exact) mass is 260 g/mol. The van der Waals surface area contributed by atoms with Crippen molar-refractivity contribution in [3.8, 4) is 6.07 Å². The highest BCUT2D eigenvalue weighted by atomic mass is 32.2. The number of amides is 1. The van der Waals surface area contributed by atoms with E-state index in [1.807, 2.05) is 0 Å². The molecule has 1 saturated heterocycles. The van der Waals surface area contributed by atoms with Crippen LogP contribution in [0.25, 0.3) is 0 Å². The SMILES string of the molecule is N#CCS(=O)(=O)N(CC(N)=O)C1CCNCC1. The predicted molar refractivity (Wildman–Crippen MR) is 61.2 cm³/mol. The highest BCUT2D eigenvalue weighted by Gasteiger charge is 2.31. The fourth-order valence-corrected chi connectivity index (χ4v) is 3.19. The molecule has 0 radical (unpaired) electrons. The van der Waals surface area contributed by atoms with Crippen molar-refractivity contribution in [3.05, 3.63) is 0 Å². The summed E-state index contributed by atoms with van der Waals surface area (Å²) in [5, 5.41) is 11.6. The van der Waals surface area contributed by atoms with Crippen LogP contribution in [-0.4, -0.2) is 50.1 Å². The first-order valence-electron chi connectivity index (χ1n) is 5.33. The van der Waals surface area contributed by atoms with E-state index >= 15 is 0 Å². The van der Waals surface area contributed by atoms with Crippen molar-refractivity contribution in [1.82, 2.24) is 9.62 Å². The molecule has 0 atom stereocenters. The number of primary amides is 1. The molecular formula is C9H16N4O3S. The molecule has 17 heavy (non-hydrogen) atoms. The molecule has 1 aliphatic rings. The molecule has 0 bridgehead atoms. The Bertz CT molecular complexity index is 408. The highest BCUT2D eigenvalue weighted by Crippen LogP contribution is 2.16. The Morgan fingerprint density at radius 3 is 2.53 bits per heavy atom. The first kappa shape index (κ1) is 13.9. The van der Waals surface area contributed by atoms with Gasteiger partial charge in [0.2, 0.25) is 15.9 Å². The lowest BCUT2D eigenvalue weighted by molar-refractivity contribution is -0.118. The van der Waals surface area contributed by atoms with Crippen molar-refractivity contribution >= 4 is 15.9 Å². The first-order valence-corrected chi connectivity index (χ1v) is 6.94. The number of carbonyl (C=O) groups is 1. The van der Waals surface area contributed by atoms with Crippen LogP contribution in [0.3, 0.4) is 0 Å². The van der Waals surface area contributed by atoms with Crippen molar-refractivity contribution in [3.63, 3.8) is 0 Å². The second-order valence-electron chi connectivity index (χ2n) is 3.91. The molecule has 1 amide bonds. The van der Waals surface area contributed by atoms with E-state index in [0.717, 1.165) is 4.31 Å². The van der Waals surface area contributed by atoms with Gasteiger partial charge < -0.3 is 11.1 Å². The van der Waals surface area contributed by atoms with Gasteiger partial charge in [-0.2, -0.15) is 9.57 Å². The highest BCUT2D eigenvalue weighted by molar-refractivity contribution is 7.89. The zero-order chi connectivity index (χ0) is 12.9. The number of hydrogen-bond donors (Lipinski definition) is 2. The average molecular weight is 260 g/mol. The summed E-state index contributed by atoms with van der Waals surface area (Å²) >= 11 is 0. The zero-order valence-corrected chi connectivity index (χ0v) is 10.2.